The quantitative estimate of drug-likeness (QED) is 0.768. The first kappa shape index (κ1) is 13.4. The lowest BCUT2D eigenvalue weighted by Crippen LogP contribution is -2.37. The Labute approximate surface area is 121 Å². The summed E-state index contributed by atoms with van der Waals surface area (Å²) >= 11 is 0. The molecule has 0 unspecified atom stereocenters. The Balaban J connectivity index is 2.01. The predicted octanol–water partition coefficient (Wildman–Crippen LogP) is 2.31. The molecule has 2 aromatic heterocycles. The molecular weight excluding hydrogens is 268 g/mol. The van der Waals surface area contributed by atoms with Crippen molar-refractivity contribution < 1.29 is 9.21 Å². The van der Waals surface area contributed by atoms with Crippen LogP contribution in [0.2, 0.25) is 0 Å². The zero-order chi connectivity index (χ0) is 14.8. The van der Waals surface area contributed by atoms with Gasteiger partial charge in [0.05, 0.1) is 0 Å². The second kappa shape index (κ2) is 5.40. The normalized spacial score (nSPS) is 12.5. The van der Waals surface area contributed by atoms with Gasteiger partial charge in [0.1, 0.15) is 23.5 Å². The Morgan fingerprint density at radius 1 is 1.33 bits per heavy atom. The standard InChI is InChI=1S/C15H16N4O2/c1-3-16-15(20)9(2)19-14-13-12(17-8-18-14)10-6-4-5-7-11(10)21-13/h4-9H,3H2,1-2H3,(H,16,20)(H,17,18,19)/t9-/m1/s1. The van der Waals surface area contributed by atoms with E-state index in [0.29, 0.717) is 17.9 Å². The number of para-hydroxylation sites is 1. The average molecular weight is 284 g/mol. The van der Waals surface area contributed by atoms with Crippen LogP contribution < -0.4 is 10.6 Å². The highest BCUT2D eigenvalue weighted by Gasteiger charge is 2.17. The molecule has 3 rings (SSSR count). The monoisotopic (exact) mass is 284 g/mol. The van der Waals surface area contributed by atoms with Crippen molar-refractivity contribution >= 4 is 33.8 Å². The second-order valence-corrected chi connectivity index (χ2v) is 4.76. The summed E-state index contributed by atoms with van der Waals surface area (Å²) in [6.07, 6.45) is 1.47. The van der Waals surface area contributed by atoms with E-state index in [1.165, 1.54) is 6.33 Å². The van der Waals surface area contributed by atoms with Crippen molar-refractivity contribution in [2.75, 3.05) is 11.9 Å². The van der Waals surface area contributed by atoms with E-state index in [0.717, 1.165) is 16.5 Å². The third-order valence-corrected chi connectivity index (χ3v) is 3.26. The first-order chi connectivity index (χ1) is 10.2. The number of aromatic nitrogens is 2. The van der Waals surface area contributed by atoms with Crippen molar-refractivity contribution in [2.24, 2.45) is 0 Å². The molecule has 0 aliphatic carbocycles. The fourth-order valence-electron chi connectivity index (χ4n) is 2.22. The summed E-state index contributed by atoms with van der Waals surface area (Å²) in [7, 11) is 0. The number of amides is 1. The first-order valence-electron chi connectivity index (χ1n) is 6.87. The summed E-state index contributed by atoms with van der Waals surface area (Å²) in [5, 5.41) is 6.77. The molecule has 1 aromatic carbocycles. The zero-order valence-electron chi connectivity index (χ0n) is 11.9. The number of nitrogens with zero attached hydrogens (tertiary/aromatic N) is 2. The second-order valence-electron chi connectivity index (χ2n) is 4.76. The Morgan fingerprint density at radius 2 is 2.14 bits per heavy atom. The Hall–Kier alpha value is -2.63. The highest BCUT2D eigenvalue weighted by Crippen LogP contribution is 2.30. The highest BCUT2D eigenvalue weighted by atomic mass is 16.3. The summed E-state index contributed by atoms with van der Waals surface area (Å²) < 4.78 is 5.80. The number of benzene rings is 1. The SMILES string of the molecule is CCNC(=O)[C@@H](C)Nc1ncnc2c1oc1ccccc12. The number of anilines is 1. The molecule has 6 nitrogen and oxygen atoms in total. The van der Waals surface area contributed by atoms with Crippen molar-refractivity contribution in [3.63, 3.8) is 0 Å². The molecule has 1 amide bonds. The molecule has 0 bridgehead atoms. The van der Waals surface area contributed by atoms with E-state index in [9.17, 15) is 4.79 Å². The van der Waals surface area contributed by atoms with Gasteiger partial charge in [0.25, 0.3) is 0 Å². The van der Waals surface area contributed by atoms with Gasteiger partial charge in [0.15, 0.2) is 11.4 Å². The highest BCUT2D eigenvalue weighted by molar-refractivity contribution is 6.05. The van der Waals surface area contributed by atoms with E-state index < -0.39 is 6.04 Å². The van der Waals surface area contributed by atoms with E-state index in [-0.39, 0.29) is 5.91 Å². The summed E-state index contributed by atoms with van der Waals surface area (Å²) in [5.74, 6) is 0.440. The molecule has 2 N–H and O–H groups in total. The summed E-state index contributed by atoms with van der Waals surface area (Å²) in [6, 6.07) is 7.27. The van der Waals surface area contributed by atoms with Gasteiger partial charge in [-0.05, 0) is 26.0 Å². The van der Waals surface area contributed by atoms with Crippen LogP contribution >= 0.6 is 0 Å². The molecule has 0 spiro atoms. The maximum absolute atomic E-state index is 11.8. The summed E-state index contributed by atoms with van der Waals surface area (Å²) in [6.45, 7) is 4.25. The molecule has 0 aliphatic heterocycles. The largest absolute Gasteiger partial charge is 0.450 e. The van der Waals surface area contributed by atoms with E-state index >= 15 is 0 Å². The molecule has 2 heterocycles. The molecule has 0 saturated carbocycles. The molecule has 3 aromatic rings. The van der Waals surface area contributed by atoms with Crippen LogP contribution in [0.15, 0.2) is 35.0 Å². The number of carbonyl (C=O) groups excluding carboxylic acids is 1. The van der Waals surface area contributed by atoms with Gasteiger partial charge in [-0.3, -0.25) is 4.79 Å². The molecule has 0 radical (unpaired) electrons. The van der Waals surface area contributed by atoms with Gasteiger partial charge in [0.2, 0.25) is 5.91 Å². The van der Waals surface area contributed by atoms with E-state index in [4.69, 9.17) is 4.42 Å². The topological polar surface area (TPSA) is 80.0 Å². The molecule has 0 aliphatic rings. The summed E-state index contributed by atoms with van der Waals surface area (Å²) in [4.78, 5) is 20.3. The first-order valence-corrected chi connectivity index (χ1v) is 6.87. The number of fused-ring (bicyclic) bond motifs is 3. The Morgan fingerprint density at radius 3 is 2.95 bits per heavy atom. The van der Waals surface area contributed by atoms with Crippen molar-refractivity contribution in [2.45, 2.75) is 19.9 Å². The molecule has 0 saturated heterocycles. The molecular formula is C15H16N4O2. The van der Waals surface area contributed by atoms with Crippen molar-refractivity contribution in [1.82, 2.24) is 15.3 Å². The van der Waals surface area contributed by atoms with E-state index in [1.54, 1.807) is 6.92 Å². The van der Waals surface area contributed by atoms with Crippen LogP contribution in [0.4, 0.5) is 5.82 Å². The van der Waals surface area contributed by atoms with Crippen LogP contribution in [-0.4, -0.2) is 28.5 Å². The Kier molecular flexibility index (Phi) is 3.43. The Bertz CT molecular complexity index is 797. The van der Waals surface area contributed by atoms with Gasteiger partial charge in [0, 0.05) is 11.9 Å². The summed E-state index contributed by atoms with van der Waals surface area (Å²) in [5.41, 5.74) is 2.06. The van der Waals surface area contributed by atoms with E-state index in [2.05, 4.69) is 20.6 Å². The lowest BCUT2D eigenvalue weighted by Gasteiger charge is -2.13. The number of rotatable bonds is 4. The third kappa shape index (κ3) is 2.40. The maximum atomic E-state index is 11.8. The number of hydrogen-bond acceptors (Lipinski definition) is 5. The predicted molar refractivity (Wildman–Crippen MR) is 81.1 cm³/mol. The van der Waals surface area contributed by atoms with Crippen molar-refractivity contribution in [1.29, 1.82) is 0 Å². The van der Waals surface area contributed by atoms with Gasteiger partial charge >= 0.3 is 0 Å². The molecule has 108 valence electrons. The lowest BCUT2D eigenvalue weighted by atomic mass is 10.2. The molecule has 6 heteroatoms. The van der Waals surface area contributed by atoms with Gasteiger partial charge in [-0.1, -0.05) is 12.1 Å². The fourth-order valence-corrected chi connectivity index (χ4v) is 2.22. The van der Waals surface area contributed by atoms with Gasteiger partial charge in [-0.2, -0.15) is 0 Å². The maximum Gasteiger partial charge on any atom is 0.242 e. The average Bonchev–Trinajstić information content (AvgIpc) is 2.87. The van der Waals surface area contributed by atoms with Crippen LogP contribution in [0.25, 0.3) is 22.1 Å². The number of hydrogen-bond donors (Lipinski definition) is 2. The van der Waals surface area contributed by atoms with Crippen molar-refractivity contribution in [3.8, 4) is 0 Å². The smallest absolute Gasteiger partial charge is 0.242 e. The minimum atomic E-state index is -0.406. The number of nitrogens with one attached hydrogen (secondary N) is 2. The van der Waals surface area contributed by atoms with Crippen molar-refractivity contribution in [3.05, 3.63) is 30.6 Å². The van der Waals surface area contributed by atoms with Crippen LogP contribution in [0.1, 0.15) is 13.8 Å². The van der Waals surface area contributed by atoms with Gasteiger partial charge in [-0.25, -0.2) is 9.97 Å². The third-order valence-electron chi connectivity index (χ3n) is 3.26. The van der Waals surface area contributed by atoms with Crippen LogP contribution in [-0.2, 0) is 4.79 Å². The molecule has 21 heavy (non-hydrogen) atoms. The minimum absolute atomic E-state index is 0.0830. The van der Waals surface area contributed by atoms with Gasteiger partial charge < -0.3 is 15.1 Å². The minimum Gasteiger partial charge on any atom is -0.450 e. The van der Waals surface area contributed by atoms with Gasteiger partial charge in [-0.15, -0.1) is 0 Å². The fraction of sp³-hybridized carbons (Fsp3) is 0.267. The van der Waals surface area contributed by atoms with E-state index in [1.807, 2.05) is 31.2 Å². The molecule has 0 fully saturated rings. The van der Waals surface area contributed by atoms with Crippen LogP contribution in [0, 0.1) is 0 Å². The number of furan rings is 1. The number of carbonyl (C=O) groups is 1. The molecule has 1 atom stereocenters. The van der Waals surface area contributed by atoms with Crippen LogP contribution in [0.5, 0.6) is 0 Å². The van der Waals surface area contributed by atoms with Crippen LogP contribution in [0.3, 0.4) is 0 Å². The number of likely N-dealkylation sites (N-methyl/N-ethyl adjacent to an activating group) is 1. The lowest BCUT2D eigenvalue weighted by molar-refractivity contribution is -0.121. The zero-order valence-corrected chi connectivity index (χ0v) is 11.9.